The minimum Gasteiger partial charge on any atom is -0.347 e. The highest BCUT2D eigenvalue weighted by atomic mass is 32.1. The number of anilines is 1. The Labute approximate surface area is 97.5 Å². The smallest absolute Gasteiger partial charge is 0.245 e. The topological polar surface area (TPSA) is 84.0 Å². The van der Waals surface area contributed by atoms with Crippen LogP contribution < -0.4 is 10.6 Å². The lowest BCUT2D eigenvalue weighted by Gasteiger charge is -2.02. The van der Waals surface area contributed by atoms with Crippen LogP contribution in [0.1, 0.15) is 25.3 Å². The highest BCUT2D eigenvalue weighted by Crippen LogP contribution is 2.14. The number of hydrogen-bond donors (Lipinski definition) is 2. The Morgan fingerprint density at radius 1 is 1.25 bits per heavy atom. The van der Waals surface area contributed by atoms with Crippen LogP contribution in [0.3, 0.4) is 0 Å². The lowest BCUT2D eigenvalue weighted by Crippen LogP contribution is -2.32. The van der Waals surface area contributed by atoms with E-state index in [0.29, 0.717) is 11.6 Å². The van der Waals surface area contributed by atoms with Crippen molar-refractivity contribution in [3.63, 3.8) is 0 Å². The molecule has 0 saturated heterocycles. The fraction of sp³-hybridized carbons (Fsp3) is 0.556. The molecule has 0 aliphatic carbocycles. The molecule has 7 heteroatoms. The molecule has 0 radical (unpaired) electrons. The summed E-state index contributed by atoms with van der Waals surface area (Å²) < 4.78 is 0. The molecule has 88 valence electrons. The molecule has 0 saturated carbocycles. The van der Waals surface area contributed by atoms with E-state index in [1.54, 1.807) is 6.92 Å². The molecule has 0 spiro atoms. The Morgan fingerprint density at radius 2 is 2.00 bits per heavy atom. The average Bonchev–Trinajstić information content (AvgIpc) is 2.73. The van der Waals surface area contributed by atoms with Crippen molar-refractivity contribution in [2.45, 2.75) is 26.7 Å². The van der Waals surface area contributed by atoms with E-state index in [9.17, 15) is 9.59 Å². The number of carbonyl (C=O) groups is 2. The molecule has 0 aliphatic rings. The third-order valence-corrected chi connectivity index (χ3v) is 2.77. The number of nitrogens with zero attached hydrogens (tertiary/aromatic N) is 2. The number of aromatic nitrogens is 2. The van der Waals surface area contributed by atoms with Crippen molar-refractivity contribution >= 4 is 28.3 Å². The number of hydrogen-bond acceptors (Lipinski definition) is 5. The van der Waals surface area contributed by atoms with E-state index in [1.807, 2.05) is 6.92 Å². The molecule has 1 rings (SSSR count). The van der Waals surface area contributed by atoms with Crippen LogP contribution in [0.2, 0.25) is 0 Å². The van der Waals surface area contributed by atoms with Gasteiger partial charge in [0.05, 0.1) is 6.54 Å². The normalized spacial score (nSPS) is 9.88. The third-order valence-electron chi connectivity index (χ3n) is 1.78. The van der Waals surface area contributed by atoms with Gasteiger partial charge in [-0.2, -0.15) is 0 Å². The summed E-state index contributed by atoms with van der Waals surface area (Å²) in [6, 6.07) is 0. The van der Waals surface area contributed by atoms with Gasteiger partial charge in [-0.25, -0.2) is 0 Å². The first kappa shape index (κ1) is 12.6. The van der Waals surface area contributed by atoms with Gasteiger partial charge in [-0.15, -0.1) is 10.2 Å². The Morgan fingerprint density at radius 3 is 2.56 bits per heavy atom. The minimum atomic E-state index is -0.291. The van der Waals surface area contributed by atoms with Crippen LogP contribution in [0, 0.1) is 0 Å². The summed E-state index contributed by atoms with van der Waals surface area (Å²) in [5, 5.41) is 14.0. The highest BCUT2D eigenvalue weighted by molar-refractivity contribution is 7.15. The first-order valence-corrected chi connectivity index (χ1v) is 5.86. The predicted octanol–water partition coefficient (Wildman–Crippen LogP) is 0.565. The summed E-state index contributed by atoms with van der Waals surface area (Å²) in [4.78, 5) is 22.2. The lowest BCUT2D eigenvalue weighted by atomic mass is 10.4. The van der Waals surface area contributed by atoms with Gasteiger partial charge in [-0.3, -0.25) is 14.9 Å². The second kappa shape index (κ2) is 6.16. The highest BCUT2D eigenvalue weighted by Gasteiger charge is 2.07. The molecule has 0 atom stereocenters. The van der Waals surface area contributed by atoms with Crippen molar-refractivity contribution in [2.24, 2.45) is 0 Å². The molecule has 16 heavy (non-hydrogen) atoms. The molecule has 0 unspecified atom stereocenters. The molecule has 2 amide bonds. The van der Waals surface area contributed by atoms with E-state index in [2.05, 4.69) is 20.8 Å². The first-order chi connectivity index (χ1) is 7.65. The largest absolute Gasteiger partial charge is 0.347 e. The fourth-order valence-corrected chi connectivity index (χ4v) is 1.61. The second-order valence-electron chi connectivity index (χ2n) is 3.03. The number of carbonyl (C=O) groups excluding carboxylic acids is 2. The monoisotopic (exact) mass is 242 g/mol. The van der Waals surface area contributed by atoms with Gasteiger partial charge in [0.2, 0.25) is 16.9 Å². The van der Waals surface area contributed by atoms with E-state index < -0.39 is 0 Å². The molecule has 1 heterocycles. The number of rotatable bonds is 5. The lowest BCUT2D eigenvalue weighted by molar-refractivity contribution is -0.123. The van der Waals surface area contributed by atoms with Crippen molar-refractivity contribution in [1.29, 1.82) is 0 Å². The second-order valence-corrected chi connectivity index (χ2v) is 4.10. The summed E-state index contributed by atoms with van der Waals surface area (Å²) in [5.74, 6) is -0.442. The molecule has 0 aliphatic heterocycles. The number of aryl methyl sites for hydroxylation is 1. The first-order valence-electron chi connectivity index (χ1n) is 5.04. The molecule has 0 bridgehead atoms. The van der Waals surface area contributed by atoms with Crippen LogP contribution in [0.25, 0.3) is 0 Å². The van der Waals surface area contributed by atoms with Crippen molar-refractivity contribution in [2.75, 3.05) is 11.9 Å². The van der Waals surface area contributed by atoms with E-state index in [4.69, 9.17) is 0 Å². The van der Waals surface area contributed by atoms with E-state index in [1.165, 1.54) is 11.3 Å². The van der Waals surface area contributed by atoms with Gasteiger partial charge >= 0.3 is 0 Å². The van der Waals surface area contributed by atoms with Gasteiger partial charge in [0.25, 0.3) is 0 Å². The van der Waals surface area contributed by atoms with Gasteiger partial charge in [0, 0.05) is 6.42 Å². The van der Waals surface area contributed by atoms with Crippen molar-refractivity contribution in [1.82, 2.24) is 15.5 Å². The molecule has 6 nitrogen and oxygen atoms in total. The van der Waals surface area contributed by atoms with Crippen LogP contribution in [-0.4, -0.2) is 28.6 Å². The van der Waals surface area contributed by atoms with Crippen molar-refractivity contribution in [3.8, 4) is 0 Å². The maximum absolute atomic E-state index is 11.3. The molecular weight excluding hydrogens is 228 g/mol. The number of nitrogens with one attached hydrogen (secondary N) is 2. The van der Waals surface area contributed by atoms with Gasteiger partial charge in [0.15, 0.2) is 0 Å². The Kier molecular flexibility index (Phi) is 4.84. The quantitative estimate of drug-likeness (QED) is 0.790. The van der Waals surface area contributed by atoms with Crippen molar-refractivity contribution < 1.29 is 9.59 Å². The summed E-state index contributed by atoms with van der Waals surface area (Å²) in [6.07, 6.45) is 1.16. The van der Waals surface area contributed by atoms with Crippen molar-refractivity contribution in [3.05, 3.63) is 5.01 Å². The zero-order chi connectivity index (χ0) is 12.0. The molecule has 2 N–H and O–H groups in total. The van der Waals surface area contributed by atoms with Gasteiger partial charge < -0.3 is 5.32 Å². The zero-order valence-electron chi connectivity index (χ0n) is 9.24. The summed E-state index contributed by atoms with van der Waals surface area (Å²) in [7, 11) is 0. The summed E-state index contributed by atoms with van der Waals surface area (Å²) in [6.45, 7) is 3.66. The Hall–Kier alpha value is -1.50. The number of amides is 2. The van der Waals surface area contributed by atoms with Crippen LogP contribution in [0.15, 0.2) is 0 Å². The van der Waals surface area contributed by atoms with Crippen LogP contribution in [-0.2, 0) is 16.0 Å². The molecule has 0 fully saturated rings. The minimum absolute atomic E-state index is 0.0340. The average molecular weight is 242 g/mol. The molecule has 1 aromatic heterocycles. The van der Waals surface area contributed by atoms with Crippen LogP contribution in [0.5, 0.6) is 0 Å². The predicted molar refractivity (Wildman–Crippen MR) is 61.2 cm³/mol. The fourth-order valence-electron chi connectivity index (χ4n) is 0.914. The third kappa shape index (κ3) is 3.93. The van der Waals surface area contributed by atoms with Gasteiger partial charge in [-0.05, 0) is 6.42 Å². The standard InChI is InChI=1S/C9H14N4O2S/c1-3-6(14)10-5-7(15)11-9-13-12-8(4-2)16-9/h3-5H2,1-2H3,(H,10,14)(H,11,13,15). The molecule has 0 aromatic carbocycles. The Bertz CT molecular complexity index is 377. The summed E-state index contributed by atoms with van der Waals surface area (Å²) >= 11 is 1.33. The van der Waals surface area contributed by atoms with E-state index in [-0.39, 0.29) is 18.4 Å². The van der Waals surface area contributed by atoms with Gasteiger partial charge in [0.1, 0.15) is 5.01 Å². The van der Waals surface area contributed by atoms with Crippen LogP contribution in [0.4, 0.5) is 5.13 Å². The zero-order valence-corrected chi connectivity index (χ0v) is 10.1. The summed E-state index contributed by atoms with van der Waals surface area (Å²) in [5.41, 5.74) is 0. The van der Waals surface area contributed by atoms with Crippen LogP contribution >= 0.6 is 11.3 Å². The molecule has 1 aromatic rings. The molecular formula is C9H14N4O2S. The van der Waals surface area contributed by atoms with E-state index >= 15 is 0 Å². The maximum Gasteiger partial charge on any atom is 0.245 e. The van der Waals surface area contributed by atoms with Gasteiger partial charge in [-0.1, -0.05) is 25.2 Å². The van der Waals surface area contributed by atoms with E-state index in [0.717, 1.165) is 11.4 Å². The SMILES string of the molecule is CCC(=O)NCC(=O)Nc1nnc(CC)s1. The Balaban J connectivity index is 2.36. The maximum atomic E-state index is 11.3.